The van der Waals surface area contributed by atoms with E-state index in [-0.39, 0.29) is 13.0 Å². The fourth-order valence-corrected chi connectivity index (χ4v) is 1.43. The van der Waals surface area contributed by atoms with Crippen molar-refractivity contribution in [3.63, 3.8) is 0 Å². The molecule has 0 bridgehead atoms. The van der Waals surface area contributed by atoms with Gasteiger partial charge in [-0.2, -0.15) is 0 Å². The minimum absolute atomic E-state index is 0.0425. The molecule has 0 heterocycles. The van der Waals surface area contributed by atoms with Crippen molar-refractivity contribution in [3.8, 4) is 5.75 Å². The van der Waals surface area contributed by atoms with Crippen LogP contribution in [0, 0.1) is 0 Å². The van der Waals surface area contributed by atoms with Crippen LogP contribution in [0.2, 0.25) is 0 Å². The summed E-state index contributed by atoms with van der Waals surface area (Å²) in [5.41, 5.74) is 0. The molecule has 0 aliphatic carbocycles. The fourth-order valence-electron chi connectivity index (χ4n) is 1.43. The summed E-state index contributed by atoms with van der Waals surface area (Å²) in [4.78, 5) is 22.6. The molecule has 0 aliphatic heterocycles. The van der Waals surface area contributed by atoms with Crippen molar-refractivity contribution in [1.29, 1.82) is 0 Å². The van der Waals surface area contributed by atoms with Crippen LogP contribution in [0.25, 0.3) is 0 Å². The highest BCUT2D eigenvalue weighted by Gasteiger charge is 2.23. The van der Waals surface area contributed by atoms with Crippen LogP contribution in [-0.2, 0) is 9.59 Å². The minimum atomic E-state index is -1.19. The number of aliphatic hydroxyl groups is 1. The van der Waals surface area contributed by atoms with Crippen LogP contribution >= 0.6 is 0 Å². The van der Waals surface area contributed by atoms with Gasteiger partial charge in [-0.05, 0) is 19.1 Å². The van der Waals surface area contributed by atoms with Crippen LogP contribution in [-0.4, -0.2) is 40.8 Å². The lowest BCUT2D eigenvalue weighted by molar-refractivity contribution is -0.143. The molecule has 0 aliphatic rings. The molecule has 104 valence electrons. The second kappa shape index (κ2) is 7.38. The van der Waals surface area contributed by atoms with E-state index in [9.17, 15) is 9.59 Å². The smallest absolute Gasteiger partial charge is 0.326 e. The molecule has 0 saturated heterocycles. The summed E-state index contributed by atoms with van der Waals surface area (Å²) in [7, 11) is 0. The second-order valence-corrected chi connectivity index (χ2v) is 3.98. The van der Waals surface area contributed by atoms with Crippen LogP contribution < -0.4 is 10.1 Å². The third-order valence-electron chi connectivity index (χ3n) is 2.46. The number of carboxylic acids is 1. The molecule has 1 unspecified atom stereocenters. The van der Waals surface area contributed by atoms with Crippen molar-refractivity contribution < 1.29 is 24.5 Å². The zero-order valence-electron chi connectivity index (χ0n) is 10.6. The number of para-hydroxylation sites is 1. The van der Waals surface area contributed by atoms with Gasteiger partial charge in [0.1, 0.15) is 11.8 Å². The van der Waals surface area contributed by atoms with Gasteiger partial charge < -0.3 is 20.3 Å². The Labute approximate surface area is 111 Å². The Kier molecular flexibility index (Phi) is 5.81. The number of aliphatic hydroxyl groups excluding tert-OH is 1. The number of amides is 1. The van der Waals surface area contributed by atoms with Crippen molar-refractivity contribution in [2.75, 3.05) is 6.61 Å². The van der Waals surface area contributed by atoms with Crippen molar-refractivity contribution in [2.24, 2.45) is 0 Å². The molecule has 1 rings (SSSR count). The molecule has 2 atom stereocenters. The molecule has 0 spiro atoms. The monoisotopic (exact) mass is 267 g/mol. The third kappa shape index (κ3) is 4.97. The standard InChI is InChI=1S/C13H17NO5/c1-9(19-10-5-3-2-4-6-10)12(16)14-11(7-8-15)13(17)18/h2-6,9,11,15H,7-8H2,1H3,(H,14,16)(H,17,18)/t9?,11-/m0/s1. The molecule has 0 radical (unpaired) electrons. The lowest BCUT2D eigenvalue weighted by atomic mass is 10.2. The highest BCUT2D eigenvalue weighted by molar-refractivity contribution is 5.86. The fraction of sp³-hybridized carbons (Fsp3) is 0.385. The van der Waals surface area contributed by atoms with E-state index in [1.807, 2.05) is 6.07 Å². The van der Waals surface area contributed by atoms with Crippen molar-refractivity contribution >= 4 is 11.9 Å². The van der Waals surface area contributed by atoms with Gasteiger partial charge in [0.2, 0.25) is 0 Å². The molecule has 19 heavy (non-hydrogen) atoms. The van der Waals surface area contributed by atoms with Crippen LogP contribution in [0.15, 0.2) is 30.3 Å². The van der Waals surface area contributed by atoms with E-state index in [0.717, 1.165) is 0 Å². The predicted octanol–water partition coefficient (Wildman–Crippen LogP) is 0.406. The van der Waals surface area contributed by atoms with Gasteiger partial charge in [0, 0.05) is 13.0 Å². The van der Waals surface area contributed by atoms with Gasteiger partial charge in [-0.15, -0.1) is 0 Å². The van der Waals surface area contributed by atoms with Gasteiger partial charge in [0.25, 0.3) is 5.91 Å². The van der Waals surface area contributed by atoms with E-state index in [2.05, 4.69) is 5.32 Å². The number of aliphatic carboxylic acids is 1. The van der Waals surface area contributed by atoms with E-state index < -0.39 is 24.0 Å². The number of carbonyl (C=O) groups is 2. The summed E-state index contributed by atoms with van der Waals surface area (Å²) in [6.07, 6.45) is -0.859. The van der Waals surface area contributed by atoms with Crippen LogP contribution in [0.4, 0.5) is 0 Å². The number of benzene rings is 1. The first-order valence-electron chi connectivity index (χ1n) is 5.90. The Morgan fingerprint density at radius 3 is 2.47 bits per heavy atom. The third-order valence-corrected chi connectivity index (χ3v) is 2.46. The maximum absolute atomic E-state index is 11.8. The molecule has 3 N–H and O–H groups in total. The Bertz CT molecular complexity index is 420. The summed E-state index contributed by atoms with van der Waals surface area (Å²) >= 11 is 0. The first kappa shape index (κ1) is 15.0. The molecule has 1 aromatic carbocycles. The molecule has 0 saturated carbocycles. The summed E-state index contributed by atoms with van der Waals surface area (Å²) < 4.78 is 5.37. The summed E-state index contributed by atoms with van der Waals surface area (Å²) in [6, 6.07) is 7.65. The Balaban J connectivity index is 2.54. The van der Waals surface area contributed by atoms with Crippen LogP contribution in [0.5, 0.6) is 5.75 Å². The molecule has 6 nitrogen and oxygen atoms in total. The van der Waals surface area contributed by atoms with E-state index in [1.54, 1.807) is 24.3 Å². The zero-order chi connectivity index (χ0) is 14.3. The predicted molar refractivity (Wildman–Crippen MR) is 67.8 cm³/mol. The lowest BCUT2D eigenvalue weighted by Gasteiger charge is -2.18. The highest BCUT2D eigenvalue weighted by Crippen LogP contribution is 2.10. The SMILES string of the molecule is CC(Oc1ccccc1)C(=O)N[C@@H](CCO)C(=O)O. The number of rotatable bonds is 7. The van der Waals surface area contributed by atoms with E-state index in [4.69, 9.17) is 14.9 Å². The number of ether oxygens (including phenoxy) is 1. The average Bonchev–Trinajstić information content (AvgIpc) is 2.39. The van der Waals surface area contributed by atoms with Crippen molar-refractivity contribution in [3.05, 3.63) is 30.3 Å². The van der Waals surface area contributed by atoms with E-state index >= 15 is 0 Å². The number of hydrogen-bond donors (Lipinski definition) is 3. The van der Waals surface area contributed by atoms with Crippen molar-refractivity contribution in [2.45, 2.75) is 25.5 Å². The zero-order valence-corrected chi connectivity index (χ0v) is 10.6. The van der Waals surface area contributed by atoms with Gasteiger partial charge >= 0.3 is 5.97 Å². The molecule has 6 heteroatoms. The molecule has 0 fully saturated rings. The Morgan fingerprint density at radius 1 is 1.32 bits per heavy atom. The summed E-state index contributed by atoms with van der Waals surface area (Å²) in [6.45, 7) is 1.21. The van der Waals surface area contributed by atoms with Gasteiger partial charge in [0.05, 0.1) is 0 Å². The first-order valence-corrected chi connectivity index (χ1v) is 5.90. The second-order valence-electron chi connectivity index (χ2n) is 3.98. The lowest BCUT2D eigenvalue weighted by Crippen LogP contribution is -2.46. The maximum Gasteiger partial charge on any atom is 0.326 e. The normalized spacial score (nSPS) is 13.4. The topological polar surface area (TPSA) is 95.9 Å². The van der Waals surface area contributed by atoms with E-state index in [0.29, 0.717) is 5.75 Å². The van der Waals surface area contributed by atoms with Gasteiger partial charge in [-0.25, -0.2) is 4.79 Å². The highest BCUT2D eigenvalue weighted by atomic mass is 16.5. The molecular formula is C13H17NO5. The number of carbonyl (C=O) groups excluding carboxylic acids is 1. The van der Waals surface area contributed by atoms with Crippen LogP contribution in [0.3, 0.4) is 0 Å². The number of nitrogens with one attached hydrogen (secondary N) is 1. The summed E-state index contributed by atoms with van der Waals surface area (Å²) in [5, 5.41) is 19.9. The Hall–Kier alpha value is -2.08. The minimum Gasteiger partial charge on any atom is -0.481 e. The first-order chi connectivity index (χ1) is 9.04. The van der Waals surface area contributed by atoms with Crippen molar-refractivity contribution in [1.82, 2.24) is 5.32 Å². The summed E-state index contributed by atoms with van der Waals surface area (Å²) in [5.74, 6) is -1.20. The molecule has 0 aromatic heterocycles. The molecular weight excluding hydrogens is 250 g/mol. The number of carboxylic acid groups (broad SMARTS) is 1. The van der Waals surface area contributed by atoms with Gasteiger partial charge in [-0.1, -0.05) is 18.2 Å². The molecule has 1 aromatic rings. The maximum atomic E-state index is 11.8. The number of hydrogen-bond acceptors (Lipinski definition) is 4. The molecule has 1 amide bonds. The van der Waals surface area contributed by atoms with Crippen LogP contribution in [0.1, 0.15) is 13.3 Å². The largest absolute Gasteiger partial charge is 0.481 e. The van der Waals surface area contributed by atoms with Gasteiger partial charge in [0.15, 0.2) is 6.10 Å². The average molecular weight is 267 g/mol. The quantitative estimate of drug-likeness (QED) is 0.665. The Morgan fingerprint density at radius 2 is 1.95 bits per heavy atom. The van der Waals surface area contributed by atoms with E-state index in [1.165, 1.54) is 6.92 Å². The van der Waals surface area contributed by atoms with Gasteiger partial charge in [-0.3, -0.25) is 4.79 Å².